The fraction of sp³-hybridized carbons (Fsp3) is 0.615. The van der Waals surface area contributed by atoms with Crippen LogP contribution in [0.2, 0.25) is 5.02 Å². The monoisotopic (exact) mass is 256 g/mol. The summed E-state index contributed by atoms with van der Waals surface area (Å²) >= 11 is 6.07. The molecule has 0 aliphatic rings. The van der Waals surface area contributed by atoms with Crippen molar-refractivity contribution in [1.29, 1.82) is 0 Å². The van der Waals surface area contributed by atoms with Crippen LogP contribution in [-0.4, -0.2) is 23.7 Å². The fourth-order valence-electron chi connectivity index (χ4n) is 1.87. The quantitative estimate of drug-likeness (QED) is 0.816. The molecule has 3 nitrogen and oxygen atoms in total. The van der Waals surface area contributed by atoms with E-state index in [0.29, 0.717) is 11.6 Å². The van der Waals surface area contributed by atoms with Gasteiger partial charge in [-0.15, -0.1) is 0 Å². The van der Waals surface area contributed by atoms with Crippen molar-refractivity contribution in [3.63, 3.8) is 0 Å². The smallest absolute Gasteiger partial charge is 0.0728 e. The Labute approximate surface area is 108 Å². The molecule has 1 heterocycles. The number of pyridine rings is 1. The first-order valence-electron chi connectivity index (χ1n) is 6.14. The van der Waals surface area contributed by atoms with E-state index in [1.165, 1.54) is 0 Å². The molecule has 0 aliphatic carbocycles. The average Bonchev–Trinajstić information content (AvgIpc) is 2.32. The van der Waals surface area contributed by atoms with Gasteiger partial charge < -0.3 is 10.5 Å². The van der Waals surface area contributed by atoms with Crippen LogP contribution in [0.15, 0.2) is 18.5 Å². The number of rotatable bonds is 7. The number of nitrogens with zero attached hydrogens (tertiary/aromatic N) is 1. The molecule has 0 amide bonds. The van der Waals surface area contributed by atoms with E-state index in [1.54, 1.807) is 12.4 Å². The Morgan fingerprint density at radius 2 is 2.24 bits per heavy atom. The topological polar surface area (TPSA) is 48.1 Å². The van der Waals surface area contributed by atoms with Gasteiger partial charge in [0.2, 0.25) is 0 Å². The van der Waals surface area contributed by atoms with Crippen molar-refractivity contribution >= 4 is 11.6 Å². The number of ether oxygens (including phenoxy) is 1. The highest BCUT2D eigenvalue weighted by Crippen LogP contribution is 2.17. The van der Waals surface area contributed by atoms with Crippen LogP contribution in [0.4, 0.5) is 0 Å². The highest BCUT2D eigenvalue weighted by molar-refractivity contribution is 6.31. The predicted molar refractivity (Wildman–Crippen MR) is 71.2 cm³/mol. The van der Waals surface area contributed by atoms with Gasteiger partial charge in [0.25, 0.3) is 0 Å². The van der Waals surface area contributed by atoms with Gasteiger partial charge in [-0.25, -0.2) is 0 Å². The first kappa shape index (κ1) is 14.4. The third-order valence-electron chi connectivity index (χ3n) is 2.74. The molecule has 0 saturated carbocycles. The second kappa shape index (κ2) is 7.64. The number of hydrogen-bond donors (Lipinski definition) is 1. The highest BCUT2D eigenvalue weighted by atomic mass is 35.5. The fourth-order valence-corrected chi connectivity index (χ4v) is 2.07. The molecule has 1 aromatic heterocycles. The molecule has 0 aromatic carbocycles. The minimum absolute atomic E-state index is 0.0187. The normalized spacial score (nSPS) is 14.6. The third-order valence-corrected chi connectivity index (χ3v) is 3.08. The van der Waals surface area contributed by atoms with Gasteiger partial charge in [0.05, 0.1) is 11.1 Å². The van der Waals surface area contributed by atoms with E-state index in [4.69, 9.17) is 22.1 Å². The summed E-state index contributed by atoms with van der Waals surface area (Å²) in [4.78, 5) is 3.97. The van der Waals surface area contributed by atoms with Gasteiger partial charge in [-0.05, 0) is 31.4 Å². The van der Waals surface area contributed by atoms with Crippen molar-refractivity contribution in [1.82, 2.24) is 4.98 Å². The largest absolute Gasteiger partial charge is 0.377 e. The zero-order valence-corrected chi connectivity index (χ0v) is 11.3. The van der Waals surface area contributed by atoms with Crippen LogP contribution in [0.1, 0.15) is 32.3 Å². The molecule has 4 heteroatoms. The Kier molecular flexibility index (Phi) is 6.48. The Balaban J connectivity index is 2.62. The minimum atomic E-state index is -0.0187. The van der Waals surface area contributed by atoms with Crippen LogP contribution >= 0.6 is 11.6 Å². The predicted octanol–water partition coefficient (Wildman–Crippen LogP) is 2.81. The zero-order valence-electron chi connectivity index (χ0n) is 10.5. The molecular formula is C13H21ClN2O. The van der Waals surface area contributed by atoms with Gasteiger partial charge in [-0.1, -0.05) is 24.9 Å². The molecule has 0 spiro atoms. The molecule has 17 heavy (non-hydrogen) atoms. The summed E-state index contributed by atoms with van der Waals surface area (Å²) in [7, 11) is 0. The summed E-state index contributed by atoms with van der Waals surface area (Å²) in [5.74, 6) is 0. The van der Waals surface area contributed by atoms with Crippen molar-refractivity contribution in [3.8, 4) is 0 Å². The summed E-state index contributed by atoms with van der Waals surface area (Å²) in [5.41, 5.74) is 7.22. The Hall–Kier alpha value is -0.640. The maximum Gasteiger partial charge on any atom is 0.0728 e. The van der Waals surface area contributed by atoms with Crippen molar-refractivity contribution in [2.75, 3.05) is 6.61 Å². The average molecular weight is 257 g/mol. The molecule has 0 saturated heterocycles. The second-order valence-electron chi connectivity index (χ2n) is 4.12. The van der Waals surface area contributed by atoms with Crippen LogP contribution in [0.3, 0.4) is 0 Å². The first-order chi connectivity index (χ1) is 8.19. The second-order valence-corrected chi connectivity index (χ2v) is 4.52. The number of hydrogen-bond acceptors (Lipinski definition) is 3. The summed E-state index contributed by atoms with van der Waals surface area (Å²) in [6, 6.07) is 1.90. The Morgan fingerprint density at radius 1 is 1.47 bits per heavy atom. The molecule has 1 rings (SSSR count). The van der Waals surface area contributed by atoms with Crippen LogP contribution in [-0.2, 0) is 11.2 Å². The molecular weight excluding hydrogens is 236 g/mol. The lowest BCUT2D eigenvalue weighted by atomic mass is 10.00. The van der Waals surface area contributed by atoms with E-state index in [2.05, 4.69) is 11.9 Å². The summed E-state index contributed by atoms with van der Waals surface area (Å²) < 4.78 is 5.67. The molecule has 0 bridgehead atoms. The van der Waals surface area contributed by atoms with Crippen LogP contribution in [0.25, 0.3) is 0 Å². The van der Waals surface area contributed by atoms with Gasteiger partial charge in [-0.2, -0.15) is 0 Å². The van der Waals surface area contributed by atoms with E-state index >= 15 is 0 Å². The van der Waals surface area contributed by atoms with Crippen molar-refractivity contribution in [3.05, 3.63) is 29.0 Å². The van der Waals surface area contributed by atoms with Crippen molar-refractivity contribution in [2.24, 2.45) is 5.73 Å². The summed E-state index contributed by atoms with van der Waals surface area (Å²) in [6.45, 7) is 4.83. The molecule has 0 fully saturated rings. The molecule has 2 N–H and O–H groups in total. The molecule has 2 unspecified atom stereocenters. The summed E-state index contributed by atoms with van der Waals surface area (Å²) in [6.07, 6.45) is 6.28. The van der Waals surface area contributed by atoms with Gasteiger partial charge in [-0.3, -0.25) is 4.98 Å². The maximum atomic E-state index is 6.19. The molecule has 0 aliphatic heterocycles. The van der Waals surface area contributed by atoms with Crippen molar-refractivity contribution in [2.45, 2.75) is 45.3 Å². The molecule has 96 valence electrons. The molecule has 1 aromatic rings. The third kappa shape index (κ3) is 4.62. The van der Waals surface area contributed by atoms with E-state index in [1.807, 2.05) is 13.0 Å². The van der Waals surface area contributed by atoms with E-state index in [9.17, 15) is 0 Å². The zero-order chi connectivity index (χ0) is 12.7. The lowest BCUT2D eigenvalue weighted by molar-refractivity contribution is 0.0378. The lowest BCUT2D eigenvalue weighted by Gasteiger charge is -2.23. The van der Waals surface area contributed by atoms with Gasteiger partial charge in [0, 0.05) is 25.0 Å². The Bertz CT molecular complexity index is 327. The van der Waals surface area contributed by atoms with Gasteiger partial charge in [0.1, 0.15) is 0 Å². The van der Waals surface area contributed by atoms with Gasteiger partial charge in [0.15, 0.2) is 0 Å². The van der Waals surface area contributed by atoms with Crippen LogP contribution in [0, 0.1) is 0 Å². The van der Waals surface area contributed by atoms with Crippen LogP contribution in [0.5, 0.6) is 0 Å². The highest BCUT2D eigenvalue weighted by Gasteiger charge is 2.18. The summed E-state index contributed by atoms with van der Waals surface area (Å²) in [5, 5.41) is 0.676. The number of aromatic nitrogens is 1. The number of nitrogens with two attached hydrogens (primary N) is 1. The molecule has 0 radical (unpaired) electrons. The standard InChI is InChI=1S/C13H21ClN2O/c1-3-5-13(17-4-2)12(15)8-10-6-7-16-9-11(10)14/h6-7,9,12-13H,3-5,8,15H2,1-2H3. The van der Waals surface area contributed by atoms with E-state index in [-0.39, 0.29) is 12.1 Å². The van der Waals surface area contributed by atoms with E-state index < -0.39 is 0 Å². The van der Waals surface area contributed by atoms with Crippen molar-refractivity contribution < 1.29 is 4.74 Å². The molecule has 2 atom stereocenters. The number of halogens is 1. The first-order valence-corrected chi connectivity index (χ1v) is 6.52. The maximum absolute atomic E-state index is 6.19. The van der Waals surface area contributed by atoms with Gasteiger partial charge >= 0.3 is 0 Å². The SMILES string of the molecule is CCCC(OCC)C(N)Cc1ccncc1Cl. The van der Waals surface area contributed by atoms with E-state index in [0.717, 1.165) is 24.8 Å². The lowest BCUT2D eigenvalue weighted by Crippen LogP contribution is -2.38. The van der Waals surface area contributed by atoms with Crippen LogP contribution < -0.4 is 5.73 Å². The Morgan fingerprint density at radius 3 is 2.82 bits per heavy atom. The minimum Gasteiger partial charge on any atom is -0.377 e.